The van der Waals surface area contributed by atoms with Gasteiger partial charge in [0.15, 0.2) is 0 Å². The van der Waals surface area contributed by atoms with Crippen LogP contribution in [0.2, 0.25) is 0 Å². The average Bonchev–Trinajstić information content (AvgIpc) is 2.36. The molecule has 18 heavy (non-hydrogen) atoms. The maximum absolute atomic E-state index is 11.7. The van der Waals surface area contributed by atoms with Gasteiger partial charge in [0.1, 0.15) is 6.42 Å². The van der Waals surface area contributed by atoms with E-state index in [9.17, 15) is 14.4 Å². The highest BCUT2D eigenvalue weighted by Crippen LogP contribution is 2.11. The fraction of sp³-hybridized carbons (Fsp3) is 0.600. The zero-order valence-electron chi connectivity index (χ0n) is 9.78. The maximum atomic E-state index is 11.7. The Bertz CT molecular complexity index is 382. The summed E-state index contributed by atoms with van der Waals surface area (Å²) in [6.07, 6.45) is 1.30. The number of guanidine groups is 1. The molecule has 3 amide bonds. The summed E-state index contributed by atoms with van der Waals surface area (Å²) >= 11 is 0. The van der Waals surface area contributed by atoms with E-state index in [1.165, 1.54) is 0 Å². The van der Waals surface area contributed by atoms with Crippen LogP contribution in [0.15, 0.2) is 5.10 Å². The van der Waals surface area contributed by atoms with E-state index in [0.717, 1.165) is 25.9 Å². The third kappa shape index (κ3) is 3.27. The van der Waals surface area contributed by atoms with Crippen molar-refractivity contribution in [2.45, 2.75) is 19.3 Å². The highest BCUT2D eigenvalue weighted by Gasteiger charge is 2.22. The molecule has 8 nitrogen and oxygen atoms in total. The molecule has 0 radical (unpaired) electrons. The molecule has 2 heterocycles. The van der Waals surface area contributed by atoms with E-state index in [1.54, 1.807) is 0 Å². The Morgan fingerprint density at radius 2 is 1.78 bits per heavy atom. The van der Waals surface area contributed by atoms with Crippen LogP contribution in [-0.4, -0.2) is 36.8 Å². The standard InChI is InChI=1S/C10H15N5O3/c16-7-5-8(17)13-10(12-7)15-14-9(18)6-1-3-11-4-2-6/h6,11H,1-5H2,(H,14,18)(H2,12,13,15,16,17). The van der Waals surface area contributed by atoms with Gasteiger partial charge in [0.05, 0.1) is 0 Å². The number of carbonyl (C=O) groups is 3. The van der Waals surface area contributed by atoms with Crippen molar-refractivity contribution in [2.75, 3.05) is 13.1 Å². The molecule has 2 aliphatic heterocycles. The summed E-state index contributed by atoms with van der Waals surface area (Å²) < 4.78 is 0. The van der Waals surface area contributed by atoms with Gasteiger partial charge < -0.3 is 5.32 Å². The molecule has 0 spiro atoms. The SMILES string of the molecule is O=C1CC(=O)NC(=NNC(=O)C2CCNCC2)N1. The summed E-state index contributed by atoms with van der Waals surface area (Å²) in [4.78, 5) is 33.8. The van der Waals surface area contributed by atoms with E-state index in [4.69, 9.17) is 0 Å². The lowest BCUT2D eigenvalue weighted by molar-refractivity contribution is -0.129. The molecule has 0 unspecified atom stereocenters. The topological polar surface area (TPSA) is 112 Å². The predicted octanol–water partition coefficient (Wildman–Crippen LogP) is -1.99. The Hall–Kier alpha value is -1.96. The van der Waals surface area contributed by atoms with Crippen molar-refractivity contribution in [3.8, 4) is 0 Å². The summed E-state index contributed by atoms with van der Waals surface area (Å²) in [7, 11) is 0. The highest BCUT2D eigenvalue weighted by atomic mass is 16.2. The second-order valence-corrected chi connectivity index (χ2v) is 4.23. The van der Waals surface area contributed by atoms with Crippen LogP contribution in [0.1, 0.15) is 19.3 Å². The highest BCUT2D eigenvalue weighted by molar-refractivity contribution is 6.15. The van der Waals surface area contributed by atoms with Crippen LogP contribution < -0.4 is 21.4 Å². The smallest absolute Gasteiger partial charge is 0.243 e. The number of hydrogen-bond donors (Lipinski definition) is 4. The molecule has 2 fully saturated rings. The Balaban J connectivity index is 1.87. The van der Waals surface area contributed by atoms with Crippen LogP contribution in [-0.2, 0) is 14.4 Å². The number of rotatable bonds is 2. The molecule has 2 rings (SSSR count). The molecule has 0 aliphatic carbocycles. The van der Waals surface area contributed by atoms with Crippen LogP contribution in [0.25, 0.3) is 0 Å². The molecule has 8 heteroatoms. The van der Waals surface area contributed by atoms with Gasteiger partial charge in [0, 0.05) is 5.92 Å². The summed E-state index contributed by atoms with van der Waals surface area (Å²) in [6.45, 7) is 1.62. The third-order valence-corrected chi connectivity index (χ3v) is 2.82. The fourth-order valence-electron chi connectivity index (χ4n) is 1.87. The van der Waals surface area contributed by atoms with E-state index in [-0.39, 0.29) is 24.2 Å². The summed E-state index contributed by atoms with van der Waals surface area (Å²) in [5.74, 6) is -1.18. The largest absolute Gasteiger partial charge is 0.317 e. The molecule has 2 saturated heterocycles. The van der Waals surface area contributed by atoms with E-state index < -0.39 is 11.8 Å². The zero-order chi connectivity index (χ0) is 13.0. The number of carbonyl (C=O) groups excluding carboxylic acids is 3. The van der Waals surface area contributed by atoms with Gasteiger partial charge in [0.2, 0.25) is 23.7 Å². The number of nitrogens with zero attached hydrogens (tertiary/aromatic N) is 1. The van der Waals surface area contributed by atoms with E-state index in [1.807, 2.05) is 0 Å². The van der Waals surface area contributed by atoms with E-state index in [0.29, 0.717) is 0 Å². The van der Waals surface area contributed by atoms with Gasteiger partial charge in [-0.15, -0.1) is 5.10 Å². The molecule has 4 N–H and O–H groups in total. The molecular formula is C10H15N5O3. The molecule has 0 aromatic rings. The van der Waals surface area contributed by atoms with Crippen molar-refractivity contribution < 1.29 is 14.4 Å². The minimum absolute atomic E-state index is 0.0291. The van der Waals surface area contributed by atoms with Crippen LogP contribution in [0, 0.1) is 5.92 Å². The number of piperidine rings is 1. The minimum Gasteiger partial charge on any atom is -0.317 e. The lowest BCUT2D eigenvalue weighted by atomic mass is 9.98. The minimum atomic E-state index is -0.436. The van der Waals surface area contributed by atoms with Crippen molar-refractivity contribution in [1.82, 2.24) is 21.4 Å². The van der Waals surface area contributed by atoms with Crippen LogP contribution in [0.3, 0.4) is 0 Å². The first-order valence-electron chi connectivity index (χ1n) is 5.83. The van der Waals surface area contributed by atoms with Gasteiger partial charge in [-0.1, -0.05) is 0 Å². The van der Waals surface area contributed by atoms with E-state index >= 15 is 0 Å². The first-order chi connectivity index (χ1) is 8.65. The number of hydrogen-bond acceptors (Lipinski definition) is 5. The van der Waals surface area contributed by atoms with Gasteiger partial charge in [-0.05, 0) is 25.9 Å². The third-order valence-electron chi connectivity index (χ3n) is 2.82. The summed E-state index contributed by atoms with van der Waals surface area (Å²) in [5, 5.41) is 11.6. The second kappa shape index (κ2) is 5.58. The van der Waals surface area contributed by atoms with Crippen molar-refractivity contribution in [3.63, 3.8) is 0 Å². The Morgan fingerprint density at radius 1 is 1.17 bits per heavy atom. The first-order valence-corrected chi connectivity index (χ1v) is 5.83. The molecule has 0 bridgehead atoms. The van der Waals surface area contributed by atoms with Crippen molar-refractivity contribution >= 4 is 23.7 Å². The average molecular weight is 253 g/mol. The Morgan fingerprint density at radius 3 is 2.39 bits per heavy atom. The molecule has 0 aromatic heterocycles. The number of hydrazone groups is 1. The fourth-order valence-corrected chi connectivity index (χ4v) is 1.87. The summed E-state index contributed by atoms with van der Waals surface area (Å²) in [6, 6.07) is 0. The second-order valence-electron chi connectivity index (χ2n) is 4.23. The van der Waals surface area contributed by atoms with Gasteiger partial charge in [-0.2, -0.15) is 0 Å². The Labute approximate surface area is 104 Å². The number of amides is 3. The normalized spacial score (nSPS) is 21.0. The zero-order valence-corrected chi connectivity index (χ0v) is 9.78. The van der Waals surface area contributed by atoms with Crippen LogP contribution in [0.4, 0.5) is 0 Å². The molecule has 0 aromatic carbocycles. The lowest BCUT2D eigenvalue weighted by Crippen LogP contribution is -2.52. The quantitative estimate of drug-likeness (QED) is 0.337. The van der Waals surface area contributed by atoms with Crippen molar-refractivity contribution in [3.05, 3.63) is 0 Å². The molecular weight excluding hydrogens is 238 g/mol. The lowest BCUT2D eigenvalue weighted by Gasteiger charge is -2.21. The predicted molar refractivity (Wildman–Crippen MR) is 62.1 cm³/mol. The maximum Gasteiger partial charge on any atom is 0.243 e. The van der Waals surface area contributed by atoms with Crippen LogP contribution >= 0.6 is 0 Å². The Kier molecular flexibility index (Phi) is 3.88. The van der Waals surface area contributed by atoms with Crippen molar-refractivity contribution in [1.29, 1.82) is 0 Å². The number of nitrogens with one attached hydrogen (secondary N) is 4. The molecule has 98 valence electrons. The van der Waals surface area contributed by atoms with E-state index in [2.05, 4.69) is 26.5 Å². The van der Waals surface area contributed by atoms with Crippen LogP contribution in [0.5, 0.6) is 0 Å². The van der Waals surface area contributed by atoms with Gasteiger partial charge in [-0.25, -0.2) is 5.43 Å². The summed E-state index contributed by atoms with van der Waals surface area (Å²) in [5.41, 5.74) is 2.36. The monoisotopic (exact) mass is 253 g/mol. The van der Waals surface area contributed by atoms with Crippen molar-refractivity contribution in [2.24, 2.45) is 11.0 Å². The van der Waals surface area contributed by atoms with Gasteiger partial charge in [-0.3, -0.25) is 25.0 Å². The van der Waals surface area contributed by atoms with Gasteiger partial charge >= 0.3 is 0 Å². The first kappa shape index (κ1) is 12.5. The molecule has 0 atom stereocenters. The molecule has 0 saturated carbocycles. The van der Waals surface area contributed by atoms with Gasteiger partial charge in [0.25, 0.3) is 0 Å². The molecule has 2 aliphatic rings.